The predicted molar refractivity (Wildman–Crippen MR) is 123 cm³/mol. The summed E-state index contributed by atoms with van der Waals surface area (Å²) in [5.41, 5.74) is 3.63. The Labute approximate surface area is 194 Å². The highest BCUT2D eigenvalue weighted by Crippen LogP contribution is 2.51. The maximum absolute atomic E-state index is 13.4. The number of carbonyl (C=O) groups is 2. The van der Waals surface area contributed by atoms with Crippen molar-refractivity contribution in [3.8, 4) is 17.2 Å². The summed E-state index contributed by atoms with van der Waals surface area (Å²) in [4.78, 5) is 27.4. The van der Waals surface area contributed by atoms with E-state index in [0.717, 1.165) is 28.4 Å². The van der Waals surface area contributed by atoms with Crippen LogP contribution < -0.4 is 19.5 Å². The van der Waals surface area contributed by atoms with Gasteiger partial charge in [-0.2, -0.15) is 0 Å². The molecule has 1 fully saturated rings. The van der Waals surface area contributed by atoms with Crippen molar-refractivity contribution in [2.45, 2.75) is 19.3 Å². The summed E-state index contributed by atoms with van der Waals surface area (Å²) in [6.07, 6.45) is 4.46. The zero-order valence-corrected chi connectivity index (χ0v) is 19.5. The fraction of sp³-hybridized carbons (Fsp3) is 0.333. The van der Waals surface area contributed by atoms with E-state index in [1.165, 1.54) is 0 Å². The van der Waals surface area contributed by atoms with Crippen LogP contribution in [0.1, 0.15) is 34.3 Å². The molecule has 0 unspecified atom stereocenters. The number of halogens is 1. The van der Waals surface area contributed by atoms with Crippen molar-refractivity contribution in [1.82, 2.24) is 4.90 Å². The average molecular weight is 499 g/mol. The lowest BCUT2D eigenvalue weighted by atomic mass is 10.0. The van der Waals surface area contributed by atoms with Crippen molar-refractivity contribution < 1.29 is 23.8 Å². The van der Waals surface area contributed by atoms with Crippen LogP contribution in [0.5, 0.6) is 17.2 Å². The number of allylic oxidation sites excluding steroid dienone is 1. The van der Waals surface area contributed by atoms with Crippen molar-refractivity contribution in [3.63, 3.8) is 0 Å². The number of nitrogens with one attached hydrogen (secondary N) is 1. The minimum absolute atomic E-state index is 0.0447. The van der Waals surface area contributed by atoms with Gasteiger partial charge in [-0.1, -0.05) is 0 Å². The fourth-order valence-corrected chi connectivity index (χ4v) is 4.76. The summed E-state index contributed by atoms with van der Waals surface area (Å²) in [5.74, 6) is 1.82. The van der Waals surface area contributed by atoms with Crippen molar-refractivity contribution in [3.05, 3.63) is 51.1 Å². The predicted octanol–water partition coefficient (Wildman–Crippen LogP) is 4.25. The van der Waals surface area contributed by atoms with Gasteiger partial charge < -0.3 is 24.4 Å². The van der Waals surface area contributed by atoms with Gasteiger partial charge in [0.2, 0.25) is 24.2 Å². The van der Waals surface area contributed by atoms with Crippen molar-refractivity contribution in [2.24, 2.45) is 5.92 Å². The summed E-state index contributed by atoms with van der Waals surface area (Å²) in [6, 6.07) is 7.04. The second-order valence-corrected chi connectivity index (χ2v) is 8.97. The number of ketones is 1. The Kier molecular flexibility index (Phi) is 5.33. The first kappa shape index (κ1) is 20.9. The molecule has 5 rings (SSSR count). The van der Waals surface area contributed by atoms with Gasteiger partial charge in [0.05, 0.1) is 17.3 Å². The average Bonchev–Trinajstić information content (AvgIpc) is 3.56. The van der Waals surface area contributed by atoms with Gasteiger partial charge in [0, 0.05) is 36.3 Å². The lowest BCUT2D eigenvalue weighted by Crippen LogP contribution is -2.24. The number of hydrogen-bond donors (Lipinski definition) is 1. The molecule has 0 saturated heterocycles. The number of likely N-dealkylation sites (N-methyl/N-ethyl adjacent to an activating group) is 1. The molecule has 0 spiro atoms. The first-order valence-corrected chi connectivity index (χ1v) is 11.3. The van der Waals surface area contributed by atoms with Crippen molar-refractivity contribution >= 4 is 39.4 Å². The van der Waals surface area contributed by atoms with E-state index >= 15 is 0 Å². The summed E-state index contributed by atoms with van der Waals surface area (Å²) in [6.45, 7) is 0.785. The first-order chi connectivity index (χ1) is 15.5. The molecular weight excluding hydrogens is 476 g/mol. The van der Waals surface area contributed by atoms with Crippen LogP contribution in [0.2, 0.25) is 0 Å². The highest BCUT2D eigenvalue weighted by molar-refractivity contribution is 9.10. The Morgan fingerprint density at radius 3 is 2.56 bits per heavy atom. The Balaban J connectivity index is 1.49. The SMILES string of the molecule is COc1c2c(c(Br)c3c1OCO3)CCN(C)C(C(=O)c1ccc(NC(=O)C3CC3)cc1)=C2. The van der Waals surface area contributed by atoms with Crippen LogP contribution in [0.3, 0.4) is 0 Å². The Hall–Kier alpha value is -3.00. The number of hydrogen-bond acceptors (Lipinski definition) is 6. The lowest BCUT2D eigenvalue weighted by molar-refractivity contribution is -0.117. The molecule has 0 radical (unpaired) electrons. The third kappa shape index (κ3) is 3.62. The molecule has 1 aliphatic carbocycles. The van der Waals surface area contributed by atoms with Crippen LogP contribution in [0, 0.1) is 5.92 Å². The van der Waals surface area contributed by atoms with Crippen LogP contribution in [0.4, 0.5) is 5.69 Å². The van der Waals surface area contributed by atoms with Crippen molar-refractivity contribution in [2.75, 3.05) is 32.8 Å². The minimum atomic E-state index is -0.101. The second-order valence-electron chi connectivity index (χ2n) is 8.18. The molecule has 1 N–H and O–H groups in total. The van der Waals surface area contributed by atoms with Gasteiger partial charge in [-0.05, 0) is 71.1 Å². The molecular formula is C24H23BrN2O5. The molecule has 3 aliphatic rings. The number of benzene rings is 2. The highest BCUT2D eigenvalue weighted by atomic mass is 79.9. The lowest BCUT2D eigenvalue weighted by Gasteiger charge is -2.20. The monoisotopic (exact) mass is 498 g/mol. The van der Waals surface area contributed by atoms with Gasteiger partial charge in [-0.15, -0.1) is 0 Å². The Morgan fingerprint density at radius 1 is 1.16 bits per heavy atom. The number of Topliss-reactive ketones (excluding diaryl/α,β-unsaturated/α-hetero) is 1. The molecule has 0 bridgehead atoms. The molecule has 166 valence electrons. The molecule has 2 aromatic rings. The molecule has 2 aliphatic heterocycles. The number of ether oxygens (including phenoxy) is 3. The summed E-state index contributed by atoms with van der Waals surface area (Å²) < 4.78 is 17.8. The van der Waals surface area contributed by atoms with Gasteiger partial charge >= 0.3 is 0 Å². The van der Waals surface area contributed by atoms with E-state index in [0.29, 0.717) is 47.2 Å². The molecule has 2 heterocycles. The zero-order valence-electron chi connectivity index (χ0n) is 17.9. The quantitative estimate of drug-likeness (QED) is 0.621. The van der Waals surface area contributed by atoms with Gasteiger partial charge in [-0.25, -0.2) is 0 Å². The van der Waals surface area contributed by atoms with E-state index in [9.17, 15) is 9.59 Å². The second kappa shape index (κ2) is 8.16. The molecule has 32 heavy (non-hydrogen) atoms. The number of nitrogens with zero attached hydrogens (tertiary/aromatic N) is 1. The maximum atomic E-state index is 13.4. The van der Waals surface area contributed by atoms with Crippen LogP contribution >= 0.6 is 15.9 Å². The third-order valence-electron chi connectivity index (χ3n) is 6.04. The Morgan fingerprint density at radius 2 is 1.88 bits per heavy atom. The summed E-state index contributed by atoms with van der Waals surface area (Å²) in [7, 11) is 3.49. The molecule has 0 atom stereocenters. The topological polar surface area (TPSA) is 77.1 Å². The zero-order chi connectivity index (χ0) is 22.4. The summed E-state index contributed by atoms with van der Waals surface area (Å²) >= 11 is 3.65. The Bertz CT molecular complexity index is 1140. The van der Waals surface area contributed by atoms with E-state index in [1.807, 2.05) is 18.0 Å². The molecule has 1 saturated carbocycles. The minimum Gasteiger partial charge on any atom is -0.492 e. The van der Waals surface area contributed by atoms with Gasteiger partial charge in [0.15, 0.2) is 11.5 Å². The van der Waals surface area contributed by atoms with Crippen LogP contribution in [-0.2, 0) is 11.2 Å². The van der Waals surface area contributed by atoms with Gasteiger partial charge in [-0.3, -0.25) is 9.59 Å². The third-order valence-corrected chi connectivity index (χ3v) is 6.88. The van der Waals surface area contributed by atoms with E-state index in [-0.39, 0.29) is 24.4 Å². The largest absolute Gasteiger partial charge is 0.492 e. The smallest absolute Gasteiger partial charge is 0.231 e. The maximum Gasteiger partial charge on any atom is 0.231 e. The van der Waals surface area contributed by atoms with E-state index in [1.54, 1.807) is 31.4 Å². The van der Waals surface area contributed by atoms with E-state index in [4.69, 9.17) is 14.2 Å². The fourth-order valence-electron chi connectivity index (χ4n) is 4.05. The molecule has 0 aromatic heterocycles. The summed E-state index contributed by atoms with van der Waals surface area (Å²) in [5, 5.41) is 2.90. The molecule has 7 nitrogen and oxygen atoms in total. The van der Waals surface area contributed by atoms with Gasteiger partial charge in [0.25, 0.3) is 0 Å². The van der Waals surface area contributed by atoms with Crippen LogP contribution in [-0.4, -0.2) is 44.1 Å². The van der Waals surface area contributed by atoms with Crippen LogP contribution in [0.15, 0.2) is 34.4 Å². The number of methoxy groups -OCH3 is 1. The number of fused-ring (bicyclic) bond motifs is 2. The molecule has 1 amide bonds. The standard InChI is InChI=1S/C24H23BrN2O5/c1-27-10-9-16-17(21(30-2)23-22(19(16)25)31-12-32-23)11-18(27)20(28)13-5-7-15(8-6-13)26-24(29)14-3-4-14/h5-8,11,14H,3-4,9-10,12H2,1-2H3,(H,26,29). The number of anilines is 1. The van der Waals surface area contributed by atoms with E-state index < -0.39 is 0 Å². The van der Waals surface area contributed by atoms with Crippen molar-refractivity contribution in [1.29, 1.82) is 0 Å². The first-order valence-electron chi connectivity index (χ1n) is 10.5. The van der Waals surface area contributed by atoms with Crippen LogP contribution in [0.25, 0.3) is 6.08 Å². The molecule has 2 aromatic carbocycles. The highest BCUT2D eigenvalue weighted by Gasteiger charge is 2.32. The van der Waals surface area contributed by atoms with E-state index in [2.05, 4.69) is 21.2 Å². The normalized spacial score (nSPS) is 16.7. The number of carbonyl (C=O) groups excluding carboxylic acids is 2. The molecule has 8 heteroatoms. The number of amides is 1. The van der Waals surface area contributed by atoms with Gasteiger partial charge in [0.1, 0.15) is 0 Å². The number of rotatable bonds is 5.